The van der Waals surface area contributed by atoms with Gasteiger partial charge in [-0.05, 0) is 117 Å². The highest BCUT2D eigenvalue weighted by Gasteiger charge is 2.51. The second-order valence-electron chi connectivity index (χ2n) is 11.6. The van der Waals surface area contributed by atoms with Crippen molar-refractivity contribution in [1.29, 1.82) is 0 Å². The maximum absolute atomic E-state index is 13.2. The van der Waals surface area contributed by atoms with Crippen molar-refractivity contribution in [2.75, 3.05) is 23.7 Å². The van der Waals surface area contributed by atoms with Crippen LogP contribution in [0.15, 0.2) is 54.6 Å². The summed E-state index contributed by atoms with van der Waals surface area (Å²) in [6.07, 6.45) is 9.52. The lowest BCUT2D eigenvalue weighted by atomic mass is 9.49. The first kappa shape index (κ1) is 24.4. The molecule has 1 amide bonds. The number of halogens is 1. The summed E-state index contributed by atoms with van der Waals surface area (Å²) < 4.78 is 13.0. The molecule has 37 heavy (non-hydrogen) atoms. The maximum Gasteiger partial charge on any atom is 0.224 e. The van der Waals surface area contributed by atoms with Crippen molar-refractivity contribution in [2.45, 2.75) is 51.4 Å². The molecule has 6 heteroatoms. The standard InChI is InChI=1S/C31H36FN4O/c32-25-7-5-21(6-8-25)20-33-11-2-12-34-29-10-9-26-27(35-29)3-1-4-28(26)36-30(37)19-31-16-22-13-23(17-31)15-24(14-22)18-31/h1,3-10,20,22-24,33H,2,11-19H2,(H,34,35)(H,36,37). The van der Waals surface area contributed by atoms with Gasteiger partial charge in [0, 0.05) is 18.4 Å². The molecule has 4 aliphatic carbocycles. The summed E-state index contributed by atoms with van der Waals surface area (Å²) in [6.45, 7) is 3.48. The molecule has 1 radical (unpaired) electrons. The van der Waals surface area contributed by atoms with E-state index in [0.717, 1.165) is 65.2 Å². The molecule has 0 spiro atoms. The molecule has 3 N–H and O–H groups in total. The first-order valence-electron chi connectivity index (χ1n) is 13.8. The van der Waals surface area contributed by atoms with Gasteiger partial charge >= 0.3 is 0 Å². The Balaban J connectivity index is 1.00. The molecule has 7 rings (SSSR count). The number of rotatable bonds is 10. The quantitative estimate of drug-likeness (QED) is 0.278. The van der Waals surface area contributed by atoms with Crippen LogP contribution in [0.1, 0.15) is 56.9 Å². The molecule has 1 aromatic heterocycles. The molecule has 2 aromatic carbocycles. The number of carbonyl (C=O) groups excluding carboxylic acids is 1. The van der Waals surface area contributed by atoms with Gasteiger partial charge in [0.25, 0.3) is 0 Å². The zero-order valence-electron chi connectivity index (χ0n) is 21.3. The van der Waals surface area contributed by atoms with E-state index in [1.165, 1.54) is 50.7 Å². The van der Waals surface area contributed by atoms with Crippen molar-refractivity contribution < 1.29 is 9.18 Å². The number of aromatic nitrogens is 1. The Kier molecular flexibility index (Phi) is 6.85. The fourth-order valence-corrected chi connectivity index (χ4v) is 7.56. The van der Waals surface area contributed by atoms with Gasteiger partial charge in [0.05, 0.1) is 17.7 Å². The van der Waals surface area contributed by atoms with Crippen molar-refractivity contribution in [3.8, 4) is 0 Å². The second kappa shape index (κ2) is 10.4. The van der Waals surface area contributed by atoms with E-state index in [2.05, 4.69) is 16.0 Å². The van der Waals surface area contributed by atoms with Crippen LogP contribution >= 0.6 is 0 Å². The van der Waals surface area contributed by atoms with E-state index < -0.39 is 0 Å². The normalized spacial score (nSPS) is 25.9. The summed E-state index contributed by atoms with van der Waals surface area (Å²) in [6, 6.07) is 16.4. The average Bonchev–Trinajstić information content (AvgIpc) is 2.86. The predicted molar refractivity (Wildman–Crippen MR) is 147 cm³/mol. The largest absolute Gasteiger partial charge is 0.370 e. The van der Waals surface area contributed by atoms with Gasteiger partial charge in [-0.2, -0.15) is 0 Å². The van der Waals surface area contributed by atoms with Gasteiger partial charge in [-0.15, -0.1) is 0 Å². The molecule has 193 valence electrons. The SMILES string of the molecule is O=C(CC12CC3CC(CC(C3)C1)C2)Nc1cccc2nc(NCCCN[CH]c3ccc(F)cc3)ccc12. The van der Waals surface area contributed by atoms with Gasteiger partial charge in [-0.3, -0.25) is 4.79 Å². The highest BCUT2D eigenvalue weighted by atomic mass is 19.1. The highest BCUT2D eigenvalue weighted by molar-refractivity contribution is 6.01. The molecule has 4 fully saturated rings. The van der Waals surface area contributed by atoms with Crippen LogP contribution in [0, 0.1) is 35.5 Å². The molecule has 4 aliphatic rings. The zero-order valence-corrected chi connectivity index (χ0v) is 21.3. The van der Waals surface area contributed by atoms with Crippen LogP contribution in [0.4, 0.5) is 15.9 Å². The summed E-state index contributed by atoms with van der Waals surface area (Å²) in [4.78, 5) is 17.9. The number of nitrogens with one attached hydrogen (secondary N) is 3. The van der Waals surface area contributed by atoms with Crippen molar-refractivity contribution >= 4 is 28.3 Å². The maximum atomic E-state index is 13.2. The summed E-state index contributed by atoms with van der Waals surface area (Å²) >= 11 is 0. The van der Waals surface area contributed by atoms with E-state index >= 15 is 0 Å². The van der Waals surface area contributed by atoms with Crippen molar-refractivity contribution in [1.82, 2.24) is 10.3 Å². The topological polar surface area (TPSA) is 66.0 Å². The smallest absolute Gasteiger partial charge is 0.224 e. The summed E-state index contributed by atoms with van der Waals surface area (Å²) in [5.74, 6) is 3.33. The van der Waals surface area contributed by atoms with Crippen molar-refractivity contribution in [2.24, 2.45) is 23.2 Å². The van der Waals surface area contributed by atoms with E-state index in [1.54, 1.807) is 12.1 Å². The van der Waals surface area contributed by atoms with Crippen LogP contribution in [0.2, 0.25) is 0 Å². The lowest BCUT2D eigenvalue weighted by Gasteiger charge is -2.56. The van der Waals surface area contributed by atoms with E-state index in [-0.39, 0.29) is 17.1 Å². The molecule has 1 heterocycles. The predicted octanol–water partition coefficient (Wildman–Crippen LogP) is 6.52. The molecule has 4 bridgehead atoms. The third-order valence-corrected chi connectivity index (χ3v) is 8.65. The molecule has 0 atom stereocenters. The van der Waals surface area contributed by atoms with E-state index in [9.17, 15) is 9.18 Å². The number of benzene rings is 2. The van der Waals surface area contributed by atoms with Crippen molar-refractivity contribution in [3.63, 3.8) is 0 Å². The monoisotopic (exact) mass is 499 g/mol. The van der Waals surface area contributed by atoms with Crippen LogP contribution < -0.4 is 16.0 Å². The molecule has 0 saturated heterocycles. The van der Waals surface area contributed by atoms with Gasteiger partial charge in [0.1, 0.15) is 11.6 Å². The molecule has 4 saturated carbocycles. The fourth-order valence-electron chi connectivity index (χ4n) is 7.56. The highest BCUT2D eigenvalue weighted by Crippen LogP contribution is 2.61. The zero-order chi connectivity index (χ0) is 25.2. The van der Waals surface area contributed by atoms with Crippen molar-refractivity contribution in [3.05, 3.63) is 72.5 Å². The van der Waals surface area contributed by atoms with Gasteiger partial charge in [0.15, 0.2) is 0 Å². The molecule has 3 aromatic rings. The first-order valence-corrected chi connectivity index (χ1v) is 13.8. The lowest BCUT2D eigenvalue weighted by molar-refractivity contribution is -0.124. The Hall–Kier alpha value is -2.99. The molecular weight excluding hydrogens is 463 g/mol. The number of hydrogen-bond donors (Lipinski definition) is 3. The molecular formula is C31H36FN4O. The Bertz CT molecular complexity index is 1220. The van der Waals surface area contributed by atoms with Gasteiger partial charge < -0.3 is 16.0 Å². The lowest BCUT2D eigenvalue weighted by Crippen LogP contribution is -2.47. The Morgan fingerprint density at radius 3 is 2.41 bits per heavy atom. The second-order valence-corrected chi connectivity index (χ2v) is 11.6. The number of amides is 1. The molecule has 0 unspecified atom stereocenters. The first-order chi connectivity index (χ1) is 18.0. The van der Waals surface area contributed by atoms with Crippen LogP contribution in [0.3, 0.4) is 0 Å². The Labute approximate surface area is 218 Å². The molecule has 5 nitrogen and oxygen atoms in total. The number of carbonyl (C=O) groups is 1. The van der Waals surface area contributed by atoms with E-state index in [4.69, 9.17) is 4.98 Å². The summed E-state index contributed by atoms with van der Waals surface area (Å²) in [5, 5.41) is 10.9. The Morgan fingerprint density at radius 2 is 1.68 bits per heavy atom. The number of hydrogen-bond acceptors (Lipinski definition) is 4. The van der Waals surface area contributed by atoms with Gasteiger partial charge in [0.2, 0.25) is 5.91 Å². The van der Waals surface area contributed by atoms with Gasteiger partial charge in [-0.25, -0.2) is 9.37 Å². The minimum absolute atomic E-state index is 0.154. The summed E-state index contributed by atoms with van der Waals surface area (Å²) in [7, 11) is 0. The number of anilines is 2. The summed E-state index contributed by atoms with van der Waals surface area (Å²) in [5.41, 5.74) is 2.92. The van der Waals surface area contributed by atoms with E-state index in [0.29, 0.717) is 6.42 Å². The Morgan fingerprint density at radius 1 is 0.946 bits per heavy atom. The number of pyridine rings is 1. The van der Waals surface area contributed by atoms with Crippen LogP contribution in [0.5, 0.6) is 0 Å². The van der Waals surface area contributed by atoms with Crippen LogP contribution in [0.25, 0.3) is 10.9 Å². The van der Waals surface area contributed by atoms with Crippen LogP contribution in [-0.2, 0) is 4.79 Å². The third-order valence-electron chi connectivity index (χ3n) is 8.65. The minimum Gasteiger partial charge on any atom is -0.370 e. The molecule has 0 aliphatic heterocycles. The van der Waals surface area contributed by atoms with Crippen LogP contribution in [-0.4, -0.2) is 24.0 Å². The average molecular weight is 500 g/mol. The minimum atomic E-state index is -0.226. The fraction of sp³-hybridized carbons (Fsp3) is 0.452. The van der Waals surface area contributed by atoms with E-state index in [1.807, 2.05) is 36.9 Å². The number of fused-ring (bicyclic) bond motifs is 1. The number of nitrogens with zero attached hydrogens (tertiary/aromatic N) is 1. The van der Waals surface area contributed by atoms with Gasteiger partial charge in [-0.1, -0.05) is 18.2 Å². The third kappa shape index (κ3) is 5.64.